The van der Waals surface area contributed by atoms with E-state index in [2.05, 4.69) is 10.3 Å². The first-order valence-corrected chi connectivity index (χ1v) is 4.23. The SMILES string of the molecule is CNC(c1cccnc1)C(N)CO. The van der Waals surface area contributed by atoms with Crippen LogP contribution < -0.4 is 11.1 Å². The second kappa shape index (κ2) is 4.91. The van der Waals surface area contributed by atoms with Crippen molar-refractivity contribution in [2.24, 2.45) is 5.73 Å². The minimum atomic E-state index is -0.297. The van der Waals surface area contributed by atoms with Gasteiger partial charge in [0.2, 0.25) is 0 Å². The van der Waals surface area contributed by atoms with Crippen LogP contribution in [0, 0.1) is 0 Å². The van der Waals surface area contributed by atoms with Gasteiger partial charge in [0.1, 0.15) is 0 Å². The van der Waals surface area contributed by atoms with Crippen molar-refractivity contribution in [2.45, 2.75) is 12.1 Å². The van der Waals surface area contributed by atoms with E-state index in [4.69, 9.17) is 10.8 Å². The van der Waals surface area contributed by atoms with E-state index < -0.39 is 0 Å². The molecule has 0 saturated carbocycles. The monoisotopic (exact) mass is 181 g/mol. The zero-order valence-corrected chi connectivity index (χ0v) is 7.64. The Labute approximate surface area is 77.8 Å². The quantitative estimate of drug-likeness (QED) is 0.594. The molecule has 4 N–H and O–H groups in total. The molecule has 0 aliphatic carbocycles. The van der Waals surface area contributed by atoms with Gasteiger partial charge in [-0.1, -0.05) is 6.07 Å². The Morgan fingerprint density at radius 3 is 2.92 bits per heavy atom. The highest BCUT2D eigenvalue weighted by atomic mass is 16.3. The number of aromatic nitrogens is 1. The van der Waals surface area contributed by atoms with Crippen LogP contribution in [0.2, 0.25) is 0 Å². The van der Waals surface area contributed by atoms with E-state index in [0.717, 1.165) is 5.56 Å². The van der Waals surface area contributed by atoms with Crippen LogP contribution in [-0.2, 0) is 0 Å². The van der Waals surface area contributed by atoms with Crippen molar-refractivity contribution in [2.75, 3.05) is 13.7 Å². The Bertz CT molecular complexity index is 240. The summed E-state index contributed by atoms with van der Waals surface area (Å²) in [5.41, 5.74) is 6.71. The molecule has 72 valence electrons. The topological polar surface area (TPSA) is 71.2 Å². The van der Waals surface area contributed by atoms with E-state index in [1.807, 2.05) is 19.2 Å². The summed E-state index contributed by atoms with van der Waals surface area (Å²) >= 11 is 0. The molecule has 0 radical (unpaired) electrons. The summed E-state index contributed by atoms with van der Waals surface area (Å²) in [5, 5.41) is 12.0. The number of pyridine rings is 1. The molecule has 0 amide bonds. The molecule has 1 aromatic heterocycles. The van der Waals surface area contributed by atoms with Gasteiger partial charge in [0, 0.05) is 18.4 Å². The molecule has 13 heavy (non-hydrogen) atoms. The molecule has 2 unspecified atom stereocenters. The van der Waals surface area contributed by atoms with Gasteiger partial charge in [0.05, 0.1) is 12.6 Å². The number of rotatable bonds is 4. The van der Waals surface area contributed by atoms with E-state index >= 15 is 0 Å². The largest absolute Gasteiger partial charge is 0.395 e. The Kier molecular flexibility index (Phi) is 3.82. The Balaban J connectivity index is 2.78. The minimum Gasteiger partial charge on any atom is -0.395 e. The number of aliphatic hydroxyl groups is 1. The minimum absolute atomic E-state index is 0.0413. The first-order chi connectivity index (χ1) is 6.29. The van der Waals surface area contributed by atoms with E-state index in [1.165, 1.54) is 0 Å². The number of likely N-dealkylation sites (N-methyl/N-ethyl adjacent to an activating group) is 1. The van der Waals surface area contributed by atoms with Gasteiger partial charge < -0.3 is 16.2 Å². The zero-order valence-electron chi connectivity index (χ0n) is 7.64. The van der Waals surface area contributed by atoms with Crippen molar-refractivity contribution in [3.05, 3.63) is 30.1 Å². The van der Waals surface area contributed by atoms with Crippen molar-refractivity contribution >= 4 is 0 Å². The highest BCUT2D eigenvalue weighted by molar-refractivity contribution is 5.15. The number of nitrogens with two attached hydrogens (primary N) is 1. The summed E-state index contributed by atoms with van der Waals surface area (Å²) in [6, 6.07) is 3.45. The van der Waals surface area contributed by atoms with Gasteiger partial charge in [-0.15, -0.1) is 0 Å². The molecule has 0 bridgehead atoms. The van der Waals surface area contributed by atoms with E-state index in [9.17, 15) is 0 Å². The van der Waals surface area contributed by atoms with E-state index in [0.29, 0.717) is 0 Å². The highest BCUT2D eigenvalue weighted by Crippen LogP contribution is 2.13. The fourth-order valence-electron chi connectivity index (χ4n) is 1.29. The maximum Gasteiger partial charge on any atom is 0.0601 e. The molecule has 4 nitrogen and oxygen atoms in total. The third-order valence-electron chi connectivity index (χ3n) is 1.99. The maximum atomic E-state index is 8.91. The summed E-state index contributed by atoms with van der Waals surface area (Å²) in [6.45, 7) is -0.0413. The molecule has 0 fully saturated rings. The van der Waals surface area contributed by atoms with Gasteiger partial charge in [0.15, 0.2) is 0 Å². The molecule has 0 saturated heterocycles. The van der Waals surface area contributed by atoms with Crippen molar-refractivity contribution in [1.82, 2.24) is 10.3 Å². The van der Waals surface area contributed by atoms with Crippen LogP contribution >= 0.6 is 0 Å². The summed E-state index contributed by atoms with van der Waals surface area (Å²) in [7, 11) is 1.81. The average Bonchev–Trinajstić information content (AvgIpc) is 2.20. The lowest BCUT2D eigenvalue weighted by Crippen LogP contribution is -2.38. The molecule has 4 heteroatoms. The van der Waals surface area contributed by atoms with Crippen LogP contribution in [0.25, 0.3) is 0 Å². The van der Waals surface area contributed by atoms with E-state index in [1.54, 1.807) is 12.4 Å². The zero-order chi connectivity index (χ0) is 9.68. The van der Waals surface area contributed by atoms with Gasteiger partial charge in [-0.25, -0.2) is 0 Å². The Hall–Kier alpha value is -0.970. The van der Waals surface area contributed by atoms with Crippen LogP contribution in [0.5, 0.6) is 0 Å². The summed E-state index contributed by atoms with van der Waals surface area (Å²) < 4.78 is 0. The lowest BCUT2D eigenvalue weighted by molar-refractivity contribution is 0.240. The highest BCUT2D eigenvalue weighted by Gasteiger charge is 2.16. The average molecular weight is 181 g/mol. The van der Waals surface area contributed by atoms with E-state index in [-0.39, 0.29) is 18.7 Å². The second-order valence-electron chi connectivity index (χ2n) is 2.90. The second-order valence-corrected chi connectivity index (χ2v) is 2.90. The fourth-order valence-corrected chi connectivity index (χ4v) is 1.29. The van der Waals surface area contributed by atoms with Crippen molar-refractivity contribution in [1.29, 1.82) is 0 Å². The lowest BCUT2D eigenvalue weighted by Gasteiger charge is -2.21. The van der Waals surface area contributed by atoms with Gasteiger partial charge in [-0.3, -0.25) is 4.98 Å². The van der Waals surface area contributed by atoms with Gasteiger partial charge >= 0.3 is 0 Å². The summed E-state index contributed by atoms with van der Waals surface area (Å²) in [6.07, 6.45) is 3.46. The molecule has 0 aliphatic rings. The first kappa shape index (κ1) is 10.1. The Morgan fingerprint density at radius 2 is 2.46 bits per heavy atom. The predicted molar refractivity (Wildman–Crippen MR) is 51.1 cm³/mol. The molecular formula is C9H15N3O. The number of aliphatic hydroxyl groups excluding tert-OH is 1. The van der Waals surface area contributed by atoms with Gasteiger partial charge in [0.25, 0.3) is 0 Å². The van der Waals surface area contributed by atoms with Crippen molar-refractivity contribution in [3.8, 4) is 0 Å². The number of nitrogens with zero attached hydrogens (tertiary/aromatic N) is 1. The fraction of sp³-hybridized carbons (Fsp3) is 0.444. The normalized spacial score (nSPS) is 15.3. The molecule has 2 atom stereocenters. The predicted octanol–water partition coefficient (Wildman–Crippen LogP) is -0.338. The van der Waals surface area contributed by atoms with Crippen LogP contribution in [0.3, 0.4) is 0 Å². The Morgan fingerprint density at radius 1 is 1.69 bits per heavy atom. The van der Waals surface area contributed by atoms with Crippen molar-refractivity contribution < 1.29 is 5.11 Å². The van der Waals surface area contributed by atoms with Gasteiger partial charge in [-0.2, -0.15) is 0 Å². The first-order valence-electron chi connectivity index (χ1n) is 4.23. The third kappa shape index (κ3) is 2.48. The number of nitrogens with one attached hydrogen (secondary N) is 1. The molecule has 1 heterocycles. The molecule has 0 aromatic carbocycles. The van der Waals surface area contributed by atoms with Crippen LogP contribution in [0.15, 0.2) is 24.5 Å². The summed E-state index contributed by atoms with van der Waals surface area (Å²) in [5.74, 6) is 0. The van der Waals surface area contributed by atoms with Gasteiger partial charge in [-0.05, 0) is 18.7 Å². The molecule has 0 aliphatic heterocycles. The summed E-state index contributed by atoms with van der Waals surface area (Å²) in [4.78, 5) is 3.99. The molecule has 1 rings (SSSR count). The third-order valence-corrected chi connectivity index (χ3v) is 1.99. The number of hydrogen-bond donors (Lipinski definition) is 3. The smallest absolute Gasteiger partial charge is 0.0601 e. The number of hydrogen-bond acceptors (Lipinski definition) is 4. The lowest BCUT2D eigenvalue weighted by atomic mass is 10.0. The van der Waals surface area contributed by atoms with Crippen LogP contribution in [0.4, 0.5) is 0 Å². The van der Waals surface area contributed by atoms with Crippen LogP contribution in [0.1, 0.15) is 11.6 Å². The van der Waals surface area contributed by atoms with Crippen LogP contribution in [-0.4, -0.2) is 29.8 Å². The molecule has 0 spiro atoms. The standard InChI is InChI=1S/C9H15N3O/c1-11-9(8(10)6-13)7-3-2-4-12-5-7/h2-5,8-9,11,13H,6,10H2,1H3. The molecular weight excluding hydrogens is 166 g/mol. The van der Waals surface area contributed by atoms with Crippen molar-refractivity contribution in [3.63, 3.8) is 0 Å². The molecule has 1 aromatic rings. The maximum absolute atomic E-state index is 8.91.